The van der Waals surface area contributed by atoms with Gasteiger partial charge >= 0.3 is 0 Å². The average Bonchev–Trinajstić information content (AvgIpc) is 2.86. The van der Waals surface area contributed by atoms with Gasteiger partial charge in [0.25, 0.3) is 0 Å². The summed E-state index contributed by atoms with van der Waals surface area (Å²) in [5.41, 5.74) is 0. The van der Waals surface area contributed by atoms with Gasteiger partial charge in [0.2, 0.25) is 0 Å². The summed E-state index contributed by atoms with van der Waals surface area (Å²) in [7, 11) is 0. The van der Waals surface area contributed by atoms with Crippen molar-refractivity contribution in [3.8, 4) is 11.5 Å². The number of rotatable bonds is 4. The lowest BCUT2D eigenvalue weighted by atomic mass is 10.1. The van der Waals surface area contributed by atoms with Crippen LogP contribution in [0.4, 0.5) is 8.78 Å². The van der Waals surface area contributed by atoms with Gasteiger partial charge in [-0.25, -0.2) is 8.78 Å². The molecular formula is C16H14F2O2S. The molecule has 0 aliphatic heterocycles. The number of hydrogen-bond acceptors (Lipinski definition) is 3. The summed E-state index contributed by atoms with van der Waals surface area (Å²) in [6.45, 7) is 2.49. The van der Waals surface area contributed by atoms with Gasteiger partial charge < -0.3 is 9.84 Å². The summed E-state index contributed by atoms with van der Waals surface area (Å²) < 4.78 is 34.4. The molecule has 3 aromatic rings. The SMILES string of the molecule is CCCCOc1ccc2c(sc3c(F)c(O)ccc32)c1F. The molecule has 0 atom stereocenters. The lowest BCUT2D eigenvalue weighted by molar-refractivity contribution is 0.295. The van der Waals surface area contributed by atoms with E-state index in [4.69, 9.17) is 4.74 Å². The van der Waals surface area contributed by atoms with Crippen LogP contribution in [0, 0.1) is 11.6 Å². The summed E-state index contributed by atoms with van der Waals surface area (Å²) >= 11 is 0.992. The standard InChI is InChI=1S/C16H14F2O2S/c1-2-3-8-20-12-7-5-10-9-4-6-11(19)13(17)15(9)21-16(10)14(12)18/h4-7,19H,2-3,8H2,1H3. The third kappa shape index (κ3) is 2.31. The Morgan fingerprint density at radius 2 is 1.71 bits per heavy atom. The van der Waals surface area contributed by atoms with E-state index in [9.17, 15) is 13.9 Å². The Morgan fingerprint density at radius 1 is 1.05 bits per heavy atom. The van der Waals surface area contributed by atoms with E-state index < -0.39 is 17.4 Å². The number of phenolic OH excluding ortho intramolecular Hbond substituents is 1. The fourth-order valence-electron chi connectivity index (χ4n) is 2.25. The van der Waals surface area contributed by atoms with Gasteiger partial charge in [0, 0.05) is 10.8 Å². The van der Waals surface area contributed by atoms with Gasteiger partial charge in [-0.2, -0.15) is 0 Å². The summed E-state index contributed by atoms with van der Waals surface area (Å²) in [4.78, 5) is 0. The van der Waals surface area contributed by atoms with Crippen molar-refractivity contribution < 1.29 is 18.6 Å². The number of unbranched alkanes of at least 4 members (excludes halogenated alkanes) is 1. The Kier molecular flexibility index (Phi) is 3.68. The predicted molar refractivity (Wildman–Crippen MR) is 81.3 cm³/mol. The number of ether oxygens (including phenoxy) is 1. The van der Waals surface area contributed by atoms with Crippen molar-refractivity contribution in [3.63, 3.8) is 0 Å². The van der Waals surface area contributed by atoms with Crippen molar-refractivity contribution in [2.75, 3.05) is 6.61 Å². The van der Waals surface area contributed by atoms with Crippen molar-refractivity contribution in [2.24, 2.45) is 0 Å². The summed E-state index contributed by atoms with van der Waals surface area (Å²) in [5.74, 6) is -1.41. The van der Waals surface area contributed by atoms with E-state index in [1.807, 2.05) is 6.92 Å². The summed E-state index contributed by atoms with van der Waals surface area (Å²) in [6.07, 6.45) is 1.82. The van der Waals surface area contributed by atoms with E-state index in [1.165, 1.54) is 6.07 Å². The minimum Gasteiger partial charge on any atom is -0.505 e. The molecule has 0 saturated carbocycles. The number of phenols is 1. The first kappa shape index (κ1) is 14.1. The molecule has 0 aliphatic rings. The van der Waals surface area contributed by atoms with E-state index in [0.29, 0.717) is 22.1 Å². The Balaban J connectivity index is 2.15. The second kappa shape index (κ2) is 5.48. The second-order valence-electron chi connectivity index (χ2n) is 4.83. The zero-order chi connectivity index (χ0) is 15.0. The molecular weight excluding hydrogens is 294 g/mol. The molecule has 0 spiro atoms. The Bertz CT molecular complexity index is 811. The maximum absolute atomic E-state index is 14.5. The number of halogens is 2. The summed E-state index contributed by atoms with van der Waals surface area (Å²) in [6, 6.07) is 6.19. The van der Waals surface area contributed by atoms with Gasteiger partial charge in [0.15, 0.2) is 23.1 Å². The molecule has 2 nitrogen and oxygen atoms in total. The summed E-state index contributed by atoms with van der Waals surface area (Å²) in [5, 5.41) is 10.7. The van der Waals surface area contributed by atoms with Crippen LogP contribution in [-0.2, 0) is 0 Å². The topological polar surface area (TPSA) is 29.5 Å². The van der Waals surface area contributed by atoms with E-state index in [1.54, 1.807) is 18.2 Å². The molecule has 3 rings (SSSR count). The zero-order valence-electron chi connectivity index (χ0n) is 11.5. The molecule has 21 heavy (non-hydrogen) atoms. The van der Waals surface area contributed by atoms with Crippen LogP contribution < -0.4 is 4.74 Å². The Hall–Kier alpha value is -1.88. The minimum absolute atomic E-state index is 0.187. The number of fused-ring (bicyclic) bond motifs is 3. The lowest BCUT2D eigenvalue weighted by Crippen LogP contribution is -1.98. The maximum atomic E-state index is 14.5. The molecule has 0 fully saturated rings. The van der Waals surface area contributed by atoms with Crippen LogP contribution >= 0.6 is 11.3 Å². The van der Waals surface area contributed by atoms with E-state index >= 15 is 0 Å². The van der Waals surface area contributed by atoms with E-state index in [2.05, 4.69) is 0 Å². The molecule has 0 saturated heterocycles. The molecule has 0 unspecified atom stereocenters. The van der Waals surface area contributed by atoms with Crippen LogP contribution in [0.25, 0.3) is 20.2 Å². The minimum atomic E-state index is -0.707. The van der Waals surface area contributed by atoms with Gasteiger partial charge in [0.1, 0.15) is 0 Å². The maximum Gasteiger partial charge on any atom is 0.182 e. The van der Waals surface area contributed by atoms with Crippen LogP contribution in [0.3, 0.4) is 0 Å². The second-order valence-corrected chi connectivity index (χ2v) is 5.85. The molecule has 1 N–H and O–H groups in total. The number of aromatic hydroxyl groups is 1. The molecule has 2 aromatic carbocycles. The first-order chi connectivity index (χ1) is 10.1. The van der Waals surface area contributed by atoms with Gasteiger partial charge in [-0.05, 0) is 30.7 Å². The molecule has 1 heterocycles. The molecule has 0 radical (unpaired) electrons. The third-order valence-electron chi connectivity index (χ3n) is 3.39. The quantitative estimate of drug-likeness (QED) is 0.670. The first-order valence-electron chi connectivity index (χ1n) is 6.78. The molecule has 0 aliphatic carbocycles. The third-order valence-corrected chi connectivity index (χ3v) is 4.59. The molecule has 110 valence electrons. The normalized spacial score (nSPS) is 11.4. The number of benzene rings is 2. The van der Waals surface area contributed by atoms with Crippen molar-refractivity contribution in [1.82, 2.24) is 0 Å². The average molecular weight is 308 g/mol. The highest BCUT2D eigenvalue weighted by Gasteiger charge is 2.17. The number of thiophene rings is 1. The highest BCUT2D eigenvalue weighted by Crippen LogP contribution is 2.41. The molecule has 0 amide bonds. The van der Waals surface area contributed by atoms with E-state index in [-0.39, 0.29) is 10.4 Å². The van der Waals surface area contributed by atoms with Crippen molar-refractivity contribution in [3.05, 3.63) is 35.9 Å². The zero-order valence-corrected chi connectivity index (χ0v) is 12.3. The van der Waals surface area contributed by atoms with Crippen molar-refractivity contribution in [2.45, 2.75) is 19.8 Å². The van der Waals surface area contributed by atoms with Crippen LogP contribution in [0.2, 0.25) is 0 Å². The molecule has 1 aromatic heterocycles. The van der Waals surface area contributed by atoms with Gasteiger partial charge in [-0.3, -0.25) is 0 Å². The monoisotopic (exact) mass is 308 g/mol. The van der Waals surface area contributed by atoms with Gasteiger partial charge in [-0.1, -0.05) is 13.3 Å². The smallest absolute Gasteiger partial charge is 0.182 e. The fourth-order valence-corrected chi connectivity index (χ4v) is 3.41. The lowest BCUT2D eigenvalue weighted by Gasteiger charge is -2.06. The highest BCUT2D eigenvalue weighted by molar-refractivity contribution is 7.25. The van der Waals surface area contributed by atoms with E-state index in [0.717, 1.165) is 24.2 Å². The molecule has 0 bridgehead atoms. The largest absolute Gasteiger partial charge is 0.505 e. The van der Waals surface area contributed by atoms with Crippen LogP contribution in [0.15, 0.2) is 24.3 Å². The van der Waals surface area contributed by atoms with Crippen molar-refractivity contribution >= 4 is 31.5 Å². The van der Waals surface area contributed by atoms with Crippen LogP contribution in [0.5, 0.6) is 11.5 Å². The van der Waals surface area contributed by atoms with Crippen LogP contribution in [-0.4, -0.2) is 11.7 Å². The fraction of sp³-hybridized carbons (Fsp3) is 0.250. The Morgan fingerprint density at radius 3 is 2.43 bits per heavy atom. The van der Waals surface area contributed by atoms with Crippen molar-refractivity contribution in [1.29, 1.82) is 0 Å². The Labute approximate surface area is 124 Å². The molecule has 5 heteroatoms. The first-order valence-corrected chi connectivity index (χ1v) is 7.60. The predicted octanol–water partition coefficient (Wildman–Crippen LogP) is 5.22. The van der Waals surface area contributed by atoms with Crippen LogP contribution in [0.1, 0.15) is 19.8 Å². The number of hydrogen-bond donors (Lipinski definition) is 1. The van der Waals surface area contributed by atoms with Gasteiger partial charge in [0.05, 0.1) is 16.0 Å². The highest BCUT2D eigenvalue weighted by atomic mass is 32.1. The van der Waals surface area contributed by atoms with Gasteiger partial charge in [-0.15, -0.1) is 11.3 Å².